The van der Waals surface area contributed by atoms with Gasteiger partial charge in [0, 0.05) is 25.1 Å². The summed E-state index contributed by atoms with van der Waals surface area (Å²) in [5.41, 5.74) is 5.45. The largest absolute Gasteiger partial charge is 0.508 e. The molecule has 0 spiro atoms. The van der Waals surface area contributed by atoms with E-state index in [1.807, 2.05) is 23.1 Å². The van der Waals surface area contributed by atoms with Gasteiger partial charge < -0.3 is 15.1 Å². The van der Waals surface area contributed by atoms with Crippen LogP contribution in [0.3, 0.4) is 0 Å². The van der Waals surface area contributed by atoms with E-state index in [1.54, 1.807) is 13.0 Å². The first-order chi connectivity index (χ1) is 24.2. The molecule has 6 unspecified atom stereocenters. The third-order valence-electron chi connectivity index (χ3n) is 12.9. The molecule has 4 nitrogen and oxygen atoms in total. The van der Waals surface area contributed by atoms with Crippen molar-refractivity contribution in [1.29, 1.82) is 0 Å². The van der Waals surface area contributed by atoms with E-state index < -0.39 is 12.3 Å². The summed E-state index contributed by atoms with van der Waals surface area (Å²) in [5, 5.41) is 23.8. The average molecular weight is 676 g/mol. The maximum absolute atomic E-state index is 16.2. The smallest absolute Gasteiger partial charge is 0.223 e. The molecule has 7 rings (SSSR count). The molecule has 0 bridgehead atoms. The van der Waals surface area contributed by atoms with E-state index in [0.717, 1.165) is 87.4 Å². The van der Waals surface area contributed by atoms with Crippen molar-refractivity contribution in [3.8, 4) is 5.75 Å². The van der Waals surface area contributed by atoms with Crippen LogP contribution in [-0.2, 0) is 24.1 Å². The normalized spacial score (nSPS) is 27.0. The summed E-state index contributed by atoms with van der Waals surface area (Å²) in [6, 6.07) is 28.9. The Kier molecular flexibility index (Phi) is 10.3. The van der Waals surface area contributed by atoms with Crippen LogP contribution in [0.1, 0.15) is 99.8 Å². The molecule has 0 aromatic heterocycles. The third-order valence-corrected chi connectivity index (χ3v) is 12.9. The second kappa shape index (κ2) is 14.9. The Bertz CT molecular complexity index is 1790. The predicted molar refractivity (Wildman–Crippen MR) is 201 cm³/mol. The topological polar surface area (TPSA) is 60.8 Å². The molecule has 0 radical (unpaired) electrons. The Morgan fingerprint density at radius 2 is 1.68 bits per heavy atom. The van der Waals surface area contributed by atoms with Gasteiger partial charge in [-0.25, -0.2) is 4.39 Å². The Balaban J connectivity index is 1.02. The van der Waals surface area contributed by atoms with Gasteiger partial charge in [-0.1, -0.05) is 92.9 Å². The predicted octanol–water partition coefficient (Wildman–Crippen LogP) is 10.1. The zero-order valence-electron chi connectivity index (χ0n) is 29.9. The molecule has 2 fully saturated rings. The van der Waals surface area contributed by atoms with Crippen LogP contribution in [0.15, 0.2) is 84.9 Å². The number of anilines is 1. The van der Waals surface area contributed by atoms with Crippen LogP contribution in [0, 0.1) is 23.2 Å². The molecule has 264 valence electrons. The number of phenolic OH excluding ortho intramolecular Hbond substituents is 1. The summed E-state index contributed by atoms with van der Waals surface area (Å²) < 4.78 is 16.2. The van der Waals surface area contributed by atoms with Crippen LogP contribution in [0.25, 0.3) is 10.8 Å². The van der Waals surface area contributed by atoms with Crippen molar-refractivity contribution in [3.05, 3.63) is 107 Å². The molecule has 4 aromatic carbocycles. The SMILES string of the molecule is CC(=O)N(CCCc1ccccc1)c1ccc2ccccc2c1CCCCCCC1Cc2cc(O)ccc2C2C(F)C[C@]3(C)C(O)CCC3C12. The van der Waals surface area contributed by atoms with Crippen molar-refractivity contribution in [3.63, 3.8) is 0 Å². The third kappa shape index (κ3) is 6.83. The van der Waals surface area contributed by atoms with Crippen LogP contribution >= 0.6 is 0 Å². The number of aryl methyl sites for hydroxylation is 2. The number of aliphatic hydroxyl groups is 1. The van der Waals surface area contributed by atoms with E-state index in [4.69, 9.17) is 0 Å². The molecule has 3 aliphatic carbocycles. The Morgan fingerprint density at radius 3 is 2.50 bits per heavy atom. The molecule has 2 N–H and O–H groups in total. The van der Waals surface area contributed by atoms with Gasteiger partial charge in [-0.2, -0.15) is 0 Å². The number of fused-ring (bicyclic) bond motifs is 6. The number of benzene rings is 4. The van der Waals surface area contributed by atoms with E-state index >= 15 is 4.39 Å². The highest BCUT2D eigenvalue weighted by Crippen LogP contribution is 2.63. The first-order valence-corrected chi connectivity index (χ1v) is 19.2. The molecule has 4 aromatic rings. The number of hydrogen-bond acceptors (Lipinski definition) is 3. The molecule has 5 heteroatoms. The van der Waals surface area contributed by atoms with E-state index in [9.17, 15) is 15.0 Å². The van der Waals surface area contributed by atoms with Crippen molar-refractivity contribution < 1.29 is 19.4 Å². The summed E-state index contributed by atoms with van der Waals surface area (Å²) in [6.45, 7) is 4.51. The van der Waals surface area contributed by atoms with Crippen molar-refractivity contribution in [2.75, 3.05) is 11.4 Å². The summed E-state index contributed by atoms with van der Waals surface area (Å²) in [6.07, 6.45) is 9.82. The minimum atomic E-state index is -0.970. The lowest BCUT2D eigenvalue weighted by molar-refractivity contribution is -0.116. The van der Waals surface area contributed by atoms with E-state index in [0.29, 0.717) is 24.8 Å². The maximum Gasteiger partial charge on any atom is 0.223 e. The number of nitrogens with zero attached hydrogens (tertiary/aromatic N) is 1. The quantitative estimate of drug-likeness (QED) is 0.147. The van der Waals surface area contributed by atoms with Crippen LogP contribution in [0.4, 0.5) is 10.1 Å². The highest BCUT2D eigenvalue weighted by Gasteiger charge is 2.59. The second-order valence-electron chi connectivity index (χ2n) is 15.9. The van der Waals surface area contributed by atoms with Gasteiger partial charge in [0.15, 0.2) is 0 Å². The van der Waals surface area contributed by atoms with Crippen molar-refractivity contribution >= 4 is 22.4 Å². The fourth-order valence-electron chi connectivity index (χ4n) is 10.5. The molecular formula is C45H54FNO3. The molecule has 2 saturated carbocycles. The first kappa shape index (κ1) is 34.7. The number of aromatic hydroxyl groups is 1. The van der Waals surface area contributed by atoms with Gasteiger partial charge in [0.25, 0.3) is 0 Å². The molecule has 0 aliphatic heterocycles. The van der Waals surface area contributed by atoms with E-state index in [2.05, 4.69) is 67.6 Å². The lowest BCUT2D eigenvalue weighted by Gasteiger charge is -2.54. The summed E-state index contributed by atoms with van der Waals surface area (Å²) in [4.78, 5) is 15.0. The van der Waals surface area contributed by atoms with Crippen molar-refractivity contribution in [1.82, 2.24) is 0 Å². The van der Waals surface area contributed by atoms with Gasteiger partial charge >= 0.3 is 0 Å². The number of alkyl halides is 1. The van der Waals surface area contributed by atoms with Crippen LogP contribution < -0.4 is 4.90 Å². The monoisotopic (exact) mass is 675 g/mol. The molecule has 1 amide bonds. The zero-order chi connectivity index (χ0) is 34.8. The van der Waals surface area contributed by atoms with Crippen molar-refractivity contribution in [2.24, 2.45) is 23.2 Å². The summed E-state index contributed by atoms with van der Waals surface area (Å²) in [7, 11) is 0. The van der Waals surface area contributed by atoms with Gasteiger partial charge in [0.2, 0.25) is 5.91 Å². The lowest BCUT2D eigenvalue weighted by atomic mass is 9.51. The van der Waals surface area contributed by atoms with Gasteiger partial charge in [-0.3, -0.25) is 4.79 Å². The Labute approximate surface area is 297 Å². The summed E-state index contributed by atoms with van der Waals surface area (Å²) >= 11 is 0. The van der Waals surface area contributed by atoms with Gasteiger partial charge in [0.1, 0.15) is 11.9 Å². The number of amides is 1. The van der Waals surface area contributed by atoms with E-state index in [1.165, 1.54) is 21.9 Å². The molecule has 50 heavy (non-hydrogen) atoms. The van der Waals surface area contributed by atoms with E-state index in [-0.39, 0.29) is 28.9 Å². The minimum absolute atomic E-state index is 0.0828. The molecule has 0 heterocycles. The van der Waals surface area contributed by atoms with Crippen molar-refractivity contribution in [2.45, 2.75) is 109 Å². The molecule has 3 aliphatic rings. The fourth-order valence-corrected chi connectivity index (χ4v) is 10.5. The van der Waals surface area contributed by atoms with Gasteiger partial charge in [0.05, 0.1) is 6.10 Å². The number of carbonyl (C=O) groups is 1. The molecule has 0 saturated heterocycles. The number of unbranched alkanes of at least 4 members (excludes halogenated alkanes) is 3. The standard InChI is InChI=1S/C45H54FNO3/c1-30(48)47(26-12-15-31-13-6-5-7-14-31)41-24-20-32-16-10-11-18-36(32)38(41)19-9-4-3-8-17-33-27-34-28-35(49)21-22-37(34)44-40(46)29-45(2)39(43(33)44)23-25-42(45)50/h5-7,10-11,13-14,16,18,20-22,24,28,33,39-40,42-44,49-50H,3-4,8-9,12,15,17,19,23,25-27,29H2,1-2H3/t33?,39?,40?,42?,43?,44?,45-/m0/s1. The highest BCUT2D eigenvalue weighted by molar-refractivity contribution is 5.98. The molecule has 7 atom stereocenters. The number of halogens is 1. The lowest BCUT2D eigenvalue weighted by Crippen LogP contribution is -2.51. The number of carbonyl (C=O) groups excluding carboxylic acids is 1. The minimum Gasteiger partial charge on any atom is -0.508 e. The number of hydrogen-bond donors (Lipinski definition) is 2. The van der Waals surface area contributed by atoms with Crippen LogP contribution in [0.2, 0.25) is 0 Å². The molecular weight excluding hydrogens is 621 g/mol. The number of rotatable bonds is 12. The zero-order valence-corrected chi connectivity index (χ0v) is 29.9. The number of aliphatic hydroxyl groups excluding tert-OH is 1. The highest BCUT2D eigenvalue weighted by atomic mass is 19.1. The van der Waals surface area contributed by atoms with Crippen LogP contribution in [0.5, 0.6) is 5.75 Å². The summed E-state index contributed by atoms with van der Waals surface area (Å²) in [5.74, 6) is 1.13. The maximum atomic E-state index is 16.2. The fraction of sp³-hybridized carbons (Fsp3) is 0.489. The van der Waals surface area contributed by atoms with Crippen LogP contribution in [-0.4, -0.2) is 34.9 Å². The average Bonchev–Trinajstić information content (AvgIpc) is 3.41. The Morgan fingerprint density at radius 1 is 0.900 bits per heavy atom. The van der Waals surface area contributed by atoms with Gasteiger partial charge in [-0.15, -0.1) is 0 Å². The Hall–Kier alpha value is -3.70. The second-order valence-corrected chi connectivity index (χ2v) is 15.9. The first-order valence-electron chi connectivity index (χ1n) is 19.2. The number of phenols is 1. The van der Waals surface area contributed by atoms with Gasteiger partial charge in [-0.05, 0) is 132 Å².